The largest absolute Gasteiger partial charge is 0.335 e. The summed E-state index contributed by atoms with van der Waals surface area (Å²) in [6.07, 6.45) is 11.7. The van der Waals surface area contributed by atoms with Crippen LogP contribution >= 0.6 is 11.3 Å². The lowest BCUT2D eigenvalue weighted by molar-refractivity contribution is 0.176. The van der Waals surface area contributed by atoms with Gasteiger partial charge in [-0.3, -0.25) is 0 Å². The Bertz CT molecular complexity index is 1150. The van der Waals surface area contributed by atoms with Crippen LogP contribution in [0.15, 0.2) is 42.6 Å². The van der Waals surface area contributed by atoms with Crippen LogP contribution in [0.5, 0.6) is 0 Å². The van der Waals surface area contributed by atoms with E-state index in [-0.39, 0.29) is 12.1 Å². The summed E-state index contributed by atoms with van der Waals surface area (Å²) in [5.41, 5.74) is 6.50. The molecule has 5 heteroatoms. The zero-order chi connectivity index (χ0) is 21.7. The number of rotatable bonds is 2. The van der Waals surface area contributed by atoms with E-state index in [0.717, 1.165) is 19.3 Å². The fraction of sp³-hybridized carbons (Fsp3) is 0.444. The molecule has 1 aromatic carbocycles. The van der Waals surface area contributed by atoms with E-state index in [1.807, 2.05) is 11.3 Å². The van der Waals surface area contributed by atoms with Gasteiger partial charge in [0.15, 0.2) is 0 Å². The summed E-state index contributed by atoms with van der Waals surface area (Å²) in [7, 11) is 0. The predicted molar refractivity (Wildman–Crippen MR) is 130 cm³/mol. The zero-order valence-corrected chi connectivity index (χ0v) is 19.6. The molecule has 0 bridgehead atoms. The van der Waals surface area contributed by atoms with Crippen molar-refractivity contribution < 1.29 is 4.79 Å². The van der Waals surface area contributed by atoms with Gasteiger partial charge in [-0.2, -0.15) is 0 Å². The first-order chi connectivity index (χ1) is 15.7. The fourth-order valence-electron chi connectivity index (χ4n) is 5.91. The number of hydrogen-bond acceptors (Lipinski definition) is 2. The molecule has 4 nitrogen and oxygen atoms in total. The monoisotopic (exact) mass is 445 g/mol. The molecule has 0 spiro atoms. The number of urea groups is 1. The molecule has 6 rings (SSSR count). The average molecular weight is 446 g/mol. The number of aromatic nitrogens is 1. The van der Waals surface area contributed by atoms with Gasteiger partial charge in [-0.05, 0) is 68.7 Å². The van der Waals surface area contributed by atoms with Crippen molar-refractivity contribution in [3.63, 3.8) is 0 Å². The lowest BCUT2D eigenvalue weighted by Gasteiger charge is -2.32. The van der Waals surface area contributed by atoms with Crippen LogP contribution in [0.25, 0.3) is 5.00 Å². The van der Waals surface area contributed by atoms with Crippen molar-refractivity contribution in [1.82, 2.24) is 14.8 Å². The third kappa shape index (κ3) is 3.38. The minimum atomic E-state index is -0.0925. The van der Waals surface area contributed by atoms with Crippen LogP contribution in [0.2, 0.25) is 0 Å². The second kappa shape index (κ2) is 8.11. The first kappa shape index (κ1) is 20.1. The number of carbonyl (C=O) groups is 1. The molecule has 32 heavy (non-hydrogen) atoms. The summed E-state index contributed by atoms with van der Waals surface area (Å²) >= 11 is 1.95. The first-order valence-corrected chi connectivity index (χ1v) is 13.0. The summed E-state index contributed by atoms with van der Waals surface area (Å²) in [5, 5.41) is 4.72. The van der Waals surface area contributed by atoms with E-state index < -0.39 is 0 Å². The number of benzene rings is 1. The van der Waals surface area contributed by atoms with Gasteiger partial charge in [0.1, 0.15) is 5.00 Å². The van der Waals surface area contributed by atoms with Gasteiger partial charge in [-0.25, -0.2) is 4.79 Å². The highest BCUT2D eigenvalue weighted by Gasteiger charge is 2.36. The molecule has 2 amide bonds. The molecular formula is C27H31N3OS. The maximum atomic E-state index is 13.8. The van der Waals surface area contributed by atoms with Crippen LogP contribution in [0.1, 0.15) is 77.4 Å². The molecule has 2 aromatic heterocycles. The Balaban J connectivity index is 1.49. The molecule has 0 saturated heterocycles. The molecule has 1 aliphatic heterocycles. The Kier molecular flexibility index (Phi) is 5.09. The Morgan fingerprint density at radius 2 is 1.88 bits per heavy atom. The van der Waals surface area contributed by atoms with Gasteiger partial charge in [0, 0.05) is 22.7 Å². The fourth-order valence-corrected chi connectivity index (χ4v) is 7.31. The zero-order valence-electron chi connectivity index (χ0n) is 18.8. The van der Waals surface area contributed by atoms with Gasteiger partial charge in [0.2, 0.25) is 0 Å². The Labute approximate surface area is 194 Å². The van der Waals surface area contributed by atoms with Crippen molar-refractivity contribution >= 4 is 17.4 Å². The molecule has 3 aromatic rings. The van der Waals surface area contributed by atoms with Crippen LogP contribution in [-0.4, -0.2) is 21.5 Å². The number of nitrogens with one attached hydrogen (secondary N) is 1. The van der Waals surface area contributed by atoms with E-state index in [4.69, 9.17) is 0 Å². The van der Waals surface area contributed by atoms with Gasteiger partial charge in [-0.15, -0.1) is 11.3 Å². The van der Waals surface area contributed by atoms with Crippen molar-refractivity contribution in [3.05, 3.63) is 75.4 Å². The molecule has 1 saturated carbocycles. The maximum Gasteiger partial charge on any atom is 0.318 e. The van der Waals surface area contributed by atoms with Gasteiger partial charge < -0.3 is 14.8 Å². The number of fused-ring (bicyclic) bond motifs is 5. The quantitative estimate of drug-likeness (QED) is 0.495. The van der Waals surface area contributed by atoms with E-state index >= 15 is 0 Å². The number of amides is 2. The Hall–Kier alpha value is -2.53. The number of nitrogens with zero attached hydrogens (tertiary/aromatic N) is 2. The first-order valence-electron chi connectivity index (χ1n) is 12.1. The van der Waals surface area contributed by atoms with Crippen LogP contribution in [0.3, 0.4) is 0 Å². The second-order valence-corrected chi connectivity index (χ2v) is 10.8. The van der Waals surface area contributed by atoms with Crippen molar-refractivity contribution in [2.24, 2.45) is 0 Å². The Morgan fingerprint density at radius 1 is 1.03 bits per heavy atom. The van der Waals surface area contributed by atoms with E-state index in [1.54, 1.807) is 0 Å². The smallest absolute Gasteiger partial charge is 0.318 e. The lowest BCUT2D eigenvalue weighted by Crippen LogP contribution is -2.45. The van der Waals surface area contributed by atoms with Gasteiger partial charge in [0.25, 0.3) is 0 Å². The van der Waals surface area contributed by atoms with Gasteiger partial charge >= 0.3 is 6.03 Å². The van der Waals surface area contributed by atoms with Gasteiger partial charge in [-0.1, -0.05) is 42.7 Å². The van der Waals surface area contributed by atoms with Crippen LogP contribution < -0.4 is 5.32 Å². The number of aryl methyl sites for hydroxylation is 2. The van der Waals surface area contributed by atoms with Gasteiger partial charge in [0.05, 0.1) is 18.3 Å². The van der Waals surface area contributed by atoms with Crippen LogP contribution in [-0.2, 0) is 19.4 Å². The molecule has 3 aliphatic rings. The van der Waals surface area contributed by atoms with E-state index in [0.29, 0.717) is 12.6 Å². The predicted octanol–water partition coefficient (Wildman–Crippen LogP) is 6.28. The second-order valence-electron chi connectivity index (χ2n) is 9.67. The van der Waals surface area contributed by atoms with Crippen molar-refractivity contribution in [2.45, 2.75) is 76.9 Å². The molecule has 3 heterocycles. The summed E-state index contributed by atoms with van der Waals surface area (Å²) in [6, 6.07) is 13.3. The number of hydrogen-bond donors (Lipinski definition) is 1. The molecule has 1 atom stereocenters. The molecule has 166 valence electrons. The normalized spacial score (nSPS) is 20.4. The minimum absolute atomic E-state index is 0.0831. The third-order valence-electron chi connectivity index (χ3n) is 7.48. The van der Waals surface area contributed by atoms with E-state index in [1.165, 1.54) is 69.9 Å². The topological polar surface area (TPSA) is 37.3 Å². The molecular weight excluding hydrogens is 414 g/mol. The minimum Gasteiger partial charge on any atom is -0.335 e. The van der Waals surface area contributed by atoms with Crippen molar-refractivity contribution in [1.29, 1.82) is 0 Å². The Morgan fingerprint density at radius 3 is 2.72 bits per heavy atom. The highest BCUT2D eigenvalue weighted by molar-refractivity contribution is 7.15. The number of carbonyl (C=O) groups excluding carboxylic acids is 1. The van der Waals surface area contributed by atoms with Crippen LogP contribution in [0, 0.1) is 6.92 Å². The molecule has 0 radical (unpaired) electrons. The standard InChI is InChI=1S/C27H31N3OS/c1-18-8-6-9-19(16-18)25-23-13-7-15-29(23)26-22(21-12-4-5-14-24(21)32-26)17-30(25)27(31)28-20-10-2-3-11-20/h6-9,13,15-16,20,25H,2-5,10-12,14,17H2,1H3,(H,28,31). The van der Waals surface area contributed by atoms with Crippen molar-refractivity contribution in [3.8, 4) is 5.00 Å². The van der Waals surface area contributed by atoms with E-state index in [2.05, 4.69) is 64.3 Å². The highest BCUT2D eigenvalue weighted by atomic mass is 32.1. The maximum absolute atomic E-state index is 13.8. The summed E-state index contributed by atoms with van der Waals surface area (Å²) in [4.78, 5) is 17.5. The summed E-state index contributed by atoms with van der Waals surface area (Å²) in [5.74, 6) is 0. The third-order valence-corrected chi connectivity index (χ3v) is 8.81. The highest BCUT2D eigenvalue weighted by Crippen LogP contribution is 2.44. The molecule has 1 N–H and O–H groups in total. The average Bonchev–Trinajstić information content (AvgIpc) is 3.53. The SMILES string of the molecule is Cc1cccc(C2c3cccn3-c3sc4c(c3CN2C(=O)NC2CCCC2)CCCC4)c1. The molecule has 1 fully saturated rings. The summed E-state index contributed by atoms with van der Waals surface area (Å²) in [6.45, 7) is 2.81. The van der Waals surface area contributed by atoms with Crippen LogP contribution in [0.4, 0.5) is 4.79 Å². The lowest BCUT2D eigenvalue weighted by atomic mass is 9.95. The van der Waals surface area contributed by atoms with Crippen molar-refractivity contribution in [2.75, 3.05) is 0 Å². The molecule has 2 aliphatic carbocycles. The summed E-state index contributed by atoms with van der Waals surface area (Å²) < 4.78 is 2.37. The molecule has 1 unspecified atom stereocenters. The number of thiophene rings is 1. The van der Waals surface area contributed by atoms with E-state index in [9.17, 15) is 4.79 Å².